The van der Waals surface area contributed by atoms with Gasteiger partial charge in [0.25, 0.3) is 5.56 Å². The molecule has 0 saturated heterocycles. The molecule has 1 atom stereocenters. The van der Waals surface area contributed by atoms with E-state index in [0.29, 0.717) is 22.7 Å². The molecule has 2 aromatic heterocycles. The molecule has 0 fully saturated rings. The lowest BCUT2D eigenvalue weighted by Crippen LogP contribution is -2.25. The summed E-state index contributed by atoms with van der Waals surface area (Å²) in [6.07, 6.45) is 1.81. The summed E-state index contributed by atoms with van der Waals surface area (Å²) in [6.45, 7) is 10.6. The molecule has 6 heteroatoms. The van der Waals surface area contributed by atoms with Gasteiger partial charge in [-0.3, -0.25) is 14.2 Å². The van der Waals surface area contributed by atoms with Gasteiger partial charge in [0.15, 0.2) is 10.9 Å². The van der Waals surface area contributed by atoms with Crippen molar-refractivity contribution < 1.29 is 4.79 Å². The fraction of sp³-hybridized carbons (Fsp3) is 0.321. The summed E-state index contributed by atoms with van der Waals surface area (Å²) in [5.41, 5.74) is 5.09. The van der Waals surface area contributed by atoms with Crippen LogP contribution in [0.1, 0.15) is 58.3 Å². The number of hydrogen-bond acceptors (Lipinski definition) is 5. The Labute approximate surface area is 209 Å². The van der Waals surface area contributed by atoms with Crippen molar-refractivity contribution in [2.45, 2.75) is 64.4 Å². The smallest absolute Gasteiger partial charge is 0.263 e. The van der Waals surface area contributed by atoms with E-state index >= 15 is 0 Å². The van der Waals surface area contributed by atoms with Crippen LogP contribution in [0.15, 0.2) is 58.5 Å². The largest absolute Gasteiger partial charge is 0.293 e. The molecule has 0 amide bonds. The van der Waals surface area contributed by atoms with E-state index in [0.717, 1.165) is 28.8 Å². The minimum atomic E-state index is -0.368. The third kappa shape index (κ3) is 4.89. The van der Waals surface area contributed by atoms with Crippen LogP contribution in [0.4, 0.5) is 0 Å². The number of hydrogen-bond donors (Lipinski definition) is 0. The second-order valence-corrected chi connectivity index (χ2v) is 11.0. The third-order valence-electron chi connectivity index (χ3n) is 6.19. The molecule has 0 N–H and O–H groups in total. The first-order valence-corrected chi connectivity index (χ1v) is 13.4. The molecule has 0 radical (unpaired) electrons. The SMILES string of the molecule is CCc1ccc(C(=O)C(C)Sc2nc3sc(CC)c(C)c3c(=O)n2Cc2ccc(C)cc2)cc1. The van der Waals surface area contributed by atoms with Crippen LogP contribution in [0.3, 0.4) is 0 Å². The Bertz CT molecular complexity index is 1380. The molecule has 4 rings (SSSR count). The summed E-state index contributed by atoms with van der Waals surface area (Å²) in [6, 6.07) is 16.0. The number of aromatic nitrogens is 2. The first-order chi connectivity index (χ1) is 16.3. The van der Waals surface area contributed by atoms with Crippen LogP contribution >= 0.6 is 23.1 Å². The second kappa shape index (κ2) is 10.3. The Kier molecular flexibility index (Phi) is 7.39. The third-order valence-corrected chi connectivity index (χ3v) is 8.61. The molecule has 0 aliphatic rings. The van der Waals surface area contributed by atoms with Crippen molar-refractivity contribution in [1.29, 1.82) is 0 Å². The molecule has 0 bridgehead atoms. The van der Waals surface area contributed by atoms with Crippen molar-refractivity contribution in [1.82, 2.24) is 9.55 Å². The highest BCUT2D eigenvalue weighted by molar-refractivity contribution is 8.00. The lowest BCUT2D eigenvalue weighted by atomic mass is 10.1. The molecule has 0 aliphatic heterocycles. The average molecular weight is 491 g/mol. The maximum atomic E-state index is 13.7. The molecule has 4 nitrogen and oxygen atoms in total. The quantitative estimate of drug-likeness (QED) is 0.158. The van der Waals surface area contributed by atoms with E-state index in [-0.39, 0.29) is 16.6 Å². The minimum Gasteiger partial charge on any atom is -0.293 e. The summed E-state index contributed by atoms with van der Waals surface area (Å²) in [5, 5.41) is 0.924. The predicted octanol–water partition coefficient (Wildman–Crippen LogP) is 6.61. The van der Waals surface area contributed by atoms with Crippen LogP contribution in [0.5, 0.6) is 0 Å². The van der Waals surface area contributed by atoms with Crippen molar-refractivity contribution in [3.05, 3.63) is 91.6 Å². The predicted molar refractivity (Wildman–Crippen MR) is 144 cm³/mol. The number of Topliss-reactive ketones (excluding diaryl/α,β-unsaturated/α-hetero) is 1. The van der Waals surface area contributed by atoms with Gasteiger partial charge in [-0.1, -0.05) is 79.7 Å². The topological polar surface area (TPSA) is 52.0 Å². The molecule has 2 aromatic carbocycles. The van der Waals surface area contributed by atoms with E-state index < -0.39 is 0 Å². The second-order valence-electron chi connectivity index (χ2n) is 8.63. The fourth-order valence-corrected chi connectivity index (χ4v) is 6.18. The zero-order valence-electron chi connectivity index (χ0n) is 20.3. The average Bonchev–Trinajstić information content (AvgIpc) is 3.17. The number of ketones is 1. The molecular weight excluding hydrogens is 460 g/mol. The standard InChI is InChI=1S/C28H30N2O2S2/c1-6-20-12-14-22(15-13-20)25(31)19(5)33-28-29-26-24(18(4)23(7-2)34-26)27(32)30(28)16-21-10-8-17(3)9-11-21/h8-15,19H,6-7,16H2,1-5H3. The number of carbonyl (C=O) groups is 1. The van der Waals surface area contributed by atoms with E-state index in [1.807, 2.05) is 57.2 Å². The van der Waals surface area contributed by atoms with Crippen LogP contribution in [0.2, 0.25) is 0 Å². The van der Waals surface area contributed by atoms with Gasteiger partial charge < -0.3 is 0 Å². The van der Waals surface area contributed by atoms with Crippen LogP contribution in [-0.2, 0) is 19.4 Å². The number of fused-ring (bicyclic) bond motifs is 1. The van der Waals surface area contributed by atoms with Crippen LogP contribution in [-0.4, -0.2) is 20.6 Å². The van der Waals surface area contributed by atoms with E-state index in [1.54, 1.807) is 15.9 Å². The Morgan fingerprint density at radius 2 is 1.65 bits per heavy atom. The number of rotatable bonds is 8. The first kappa shape index (κ1) is 24.4. The minimum absolute atomic E-state index is 0.0338. The number of thiophene rings is 1. The molecule has 2 heterocycles. The van der Waals surface area contributed by atoms with Gasteiger partial charge in [0.05, 0.1) is 17.2 Å². The number of benzene rings is 2. The molecule has 0 aliphatic carbocycles. The van der Waals surface area contributed by atoms with Crippen molar-refractivity contribution in [3.8, 4) is 0 Å². The number of carbonyl (C=O) groups excluding carboxylic acids is 1. The molecule has 4 aromatic rings. The molecule has 1 unspecified atom stereocenters. The Morgan fingerprint density at radius 3 is 2.26 bits per heavy atom. The van der Waals surface area contributed by atoms with Gasteiger partial charge in [-0.25, -0.2) is 4.98 Å². The summed E-state index contributed by atoms with van der Waals surface area (Å²) in [7, 11) is 0. The van der Waals surface area contributed by atoms with Crippen LogP contribution in [0, 0.1) is 13.8 Å². The lowest BCUT2D eigenvalue weighted by molar-refractivity contribution is 0.0994. The zero-order valence-corrected chi connectivity index (χ0v) is 22.0. The van der Waals surface area contributed by atoms with Crippen molar-refractivity contribution in [2.75, 3.05) is 0 Å². The van der Waals surface area contributed by atoms with E-state index in [1.165, 1.54) is 27.8 Å². The molecule has 0 spiro atoms. The maximum Gasteiger partial charge on any atom is 0.263 e. The van der Waals surface area contributed by atoms with Gasteiger partial charge in [-0.2, -0.15) is 0 Å². The molecule has 34 heavy (non-hydrogen) atoms. The van der Waals surface area contributed by atoms with Gasteiger partial charge >= 0.3 is 0 Å². The van der Waals surface area contributed by atoms with Gasteiger partial charge in [0.1, 0.15) is 4.83 Å². The number of aryl methyl sites for hydroxylation is 4. The van der Waals surface area contributed by atoms with Crippen LogP contribution < -0.4 is 5.56 Å². The van der Waals surface area contributed by atoms with Crippen molar-refractivity contribution in [3.63, 3.8) is 0 Å². The molecule has 0 saturated carbocycles. The zero-order chi connectivity index (χ0) is 24.4. The van der Waals surface area contributed by atoms with E-state index in [2.05, 4.69) is 26.0 Å². The van der Waals surface area contributed by atoms with Gasteiger partial charge in [0.2, 0.25) is 0 Å². The summed E-state index contributed by atoms with van der Waals surface area (Å²) >= 11 is 2.95. The Balaban J connectivity index is 1.75. The normalized spacial score (nSPS) is 12.3. The van der Waals surface area contributed by atoms with Crippen molar-refractivity contribution in [2.24, 2.45) is 0 Å². The monoisotopic (exact) mass is 490 g/mol. The number of thioether (sulfide) groups is 1. The first-order valence-electron chi connectivity index (χ1n) is 11.7. The van der Waals surface area contributed by atoms with E-state index in [9.17, 15) is 9.59 Å². The van der Waals surface area contributed by atoms with Gasteiger partial charge in [-0.05, 0) is 50.3 Å². The van der Waals surface area contributed by atoms with Crippen molar-refractivity contribution >= 4 is 39.1 Å². The number of nitrogens with zero attached hydrogens (tertiary/aromatic N) is 2. The summed E-state index contributed by atoms with van der Waals surface area (Å²) < 4.78 is 1.74. The molecule has 176 valence electrons. The fourth-order valence-electron chi connectivity index (χ4n) is 4.04. The summed E-state index contributed by atoms with van der Waals surface area (Å²) in [5.74, 6) is 0.0421. The van der Waals surface area contributed by atoms with Gasteiger partial charge in [-0.15, -0.1) is 11.3 Å². The lowest BCUT2D eigenvalue weighted by Gasteiger charge is -2.16. The van der Waals surface area contributed by atoms with E-state index in [4.69, 9.17) is 4.98 Å². The Hall–Kier alpha value is -2.70. The maximum absolute atomic E-state index is 13.7. The Morgan fingerprint density at radius 1 is 1.00 bits per heavy atom. The highest BCUT2D eigenvalue weighted by Gasteiger charge is 2.23. The van der Waals surface area contributed by atoms with Crippen LogP contribution in [0.25, 0.3) is 10.2 Å². The summed E-state index contributed by atoms with van der Waals surface area (Å²) in [4.78, 5) is 33.7. The highest BCUT2D eigenvalue weighted by Crippen LogP contribution is 2.31. The molecular formula is C28H30N2O2S2. The highest BCUT2D eigenvalue weighted by atomic mass is 32.2. The van der Waals surface area contributed by atoms with Gasteiger partial charge in [0, 0.05) is 10.4 Å².